The summed E-state index contributed by atoms with van der Waals surface area (Å²) in [6.07, 6.45) is 3.84. The van der Waals surface area contributed by atoms with Gasteiger partial charge in [0.15, 0.2) is 0 Å². The fourth-order valence-corrected chi connectivity index (χ4v) is 5.68. The molecule has 1 aliphatic carbocycles. The van der Waals surface area contributed by atoms with E-state index < -0.39 is 0 Å². The molecular weight excluding hydrogens is 412 g/mol. The van der Waals surface area contributed by atoms with Crippen molar-refractivity contribution in [3.05, 3.63) is 71.0 Å². The average Bonchev–Trinajstić information content (AvgIpc) is 3.43. The third-order valence-electron chi connectivity index (χ3n) is 7.24. The number of imide groups is 1. The zero-order chi connectivity index (χ0) is 22.7. The molecule has 2 aromatic heterocycles. The van der Waals surface area contributed by atoms with E-state index in [0.29, 0.717) is 11.1 Å². The van der Waals surface area contributed by atoms with Crippen molar-refractivity contribution in [2.45, 2.75) is 44.6 Å². The highest BCUT2D eigenvalue weighted by molar-refractivity contribution is 6.51. The van der Waals surface area contributed by atoms with Crippen LogP contribution in [0, 0.1) is 6.92 Å². The van der Waals surface area contributed by atoms with Crippen molar-refractivity contribution < 1.29 is 9.59 Å². The SMILES string of the molecule is Cc1[nH]c2ccccc2c1C1=C(c2c3ccccc3[nH]c2[C@H]2CC[C@H](N)CC2)C(=O)NC1=O. The second-order valence-corrected chi connectivity index (χ2v) is 9.27. The molecule has 2 amide bonds. The van der Waals surface area contributed by atoms with Crippen molar-refractivity contribution in [2.75, 3.05) is 0 Å². The molecule has 6 heteroatoms. The lowest BCUT2D eigenvalue weighted by molar-refractivity contribution is -0.122. The smallest absolute Gasteiger partial charge is 0.259 e. The topological polar surface area (TPSA) is 104 Å². The lowest BCUT2D eigenvalue weighted by Crippen LogP contribution is -2.26. The average molecular weight is 439 g/mol. The largest absolute Gasteiger partial charge is 0.358 e. The second-order valence-electron chi connectivity index (χ2n) is 9.27. The molecule has 2 aliphatic rings. The summed E-state index contributed by atoms with van der Waals surface area (Å²) in [6, 6.07) is 16.2. The van der Waals surface area contributed by atoms with Crippen LogP contribution in [-0.2, 0) is 9.59 Å². The number of H-pyrrole nitrogens is 2. The van der Waals surface area contributed by atoms with E-state index in [0.717, 1.165) is 70.0 Å². The number of para-hydroxylation sites is 2. The highest BCUT2D eigenvalue weighted by Crippen LogP contribution is 2.44. The third kappa shape index (κ3) is 3.05. The van der Waals surface area contributed by atoms with E-state index in [1.165, 1.54) is 0 Å². The Kier molecular flexibility index (Phi) is 4.52. The van der Waals surface area contributed by atoms with Crippen LogP contribution in [0.4, 0.5) is 0 Å². The number of nitrogens with two attached hydrogens (primary N) is 1. The lowest BCUT2D eigenvalue weighted by atomic mass is 9.81. The van der Waals surface area contributed by atoms with Gasteiger partial charge in [-0.1, -0.05) is 36.4 Å². The first-order chi connectivity index (χ1) is 16.0. The Balaban J connectivity index is 1.66. The fraction of sp³-hybridized carbons (Fsp3) is 0.259. The monoisotopic (exact) mass is 438 g/mol. The molecule has 1 saturated carbocycles. The number of aromatic nitrogens is 2. The third-order valence-corrected chi connectivity index (χ3v) is 7.24. The summed E-state index contributed by atoms with van der Waals surface area (Å²) in [5.74, 6) is -0.406. The van der Waals surface area contributed by atoms with Crippen molar-refractivity contribution >= 4 is 44.8 Å². The van der Waals surface area contributed by atoms with Crippen molar-refractivity contribution in [1.82, 2.24) is 15.3 Å². The molecule has 166 valence electrons. The number of aromatic amines is 2. The number of hydrogen-bond acceptors (Lipinski definition) is 3. The number of carbonyl (C=O) groups is 2. The van der Waals surface area contributed by atoms with Gasteiger partial charge in [-0.05, 0) is 50.7 Å². The van der Waals surface area contributed by atoms with E-state index in [4.69, 9.17) is 5.73 Å². The molecule has 1 fully saturated rings. The molecule has 33 heavy (non-hydrogen) atoms. The molecular formula is C27H26N4O2. The summed E-state index contributed by atoms with van der Waals surface area (Å²) in [4.78, 5) is 33.5. The number of rotatable bonds is 3. The van der Waals surface area contributed by atoms with E-state index in [1.807, 2.05) is 55.5 Å². The molecule has 6 rings (SSSR count). The summed E-state index contributed by atoms with van der Waals surface area (Å²) < 4.78 is 0. The maximum Gasteiger partial charge on any atom is 0.259 e. The zero-order valence-corrected chi connectivity index (χ0v) is 18.5. The predicted molar refractivity (Wildman–Crippen MR) is 130 cm³/mol. The van der Waals surface area contributed by atoms with Crippen LogP contribution < -0.4 is 11.1 Å². The van der Waals surface area contributed by atoms with Crippen LogP contribution in [0.3, 0.4) is 0 Å². The molecule has 0 atom stereocenters. The molecule has 1 aliphatic heterocycles. The van der Waals surface area contributed by atoms with E-state index >= 15 is 0 Å². The summed E-state index contributed by atoms with van der Waals surface area (Å²) in [5, 5.41) is 4.50. The Labute approximate surface area is 191 Å². The highest BCUT2D eigenvalue weighted by atomic mass is 16.2. The molecule has 5 N–H and O–H groups in total. The van der Waals surface area contributed by atoms with Crippen LogP contribution in [-0.4, -0.2) is 27.8 Å². The van der Waals surface area contributed by atoms with Gasteiger partial charge >= 0.3 is 0 Å². The first-order valence-corrected chi connectivity index (χ1v) is 11.6. The van der Waals surface area contributed by atoms with Gasteiger partial charge in [-0.2, -0.15) is 0 Å². The van der Waals surface area contributed by atoms with Crippen LogP contribution in [0.2, 0.25) is 0 Å². The molecule has 0 spiro atoms. The molecule has 4 aromatic rings. The first kappa shape index (κ1) is 20.0. The molecule has 0 bridgehead atoms. The van der Waals surface area contributed by atoms with Gasteiger partial charge in [0, 0.05) is 50.4 Å². The molecule has 0 radical (unpaired) electrons. The Bertz CT molecular complexity index is 1460. The van der Waals surface area contributed by atoms with E-state index in [-0.39, 0.29) is 23.8 Å². The van der Waals surface area contributed by atoms with Crippen LogP contribution in [0.1, 0.15) is 54.1 Å². The standard InChI is InChI=1S/C27H26N4O2/c1-14-21(17-6-2-4-8-19(17)29-14)23-24(27(33)31-26(23)32)22-18-7-3-5-9-20(18)30-25(22)15-10-12-16(28)13-11-15/h2-9,15-16,29-30H,10-13,28H2,1H3,(H,31,32,33)/t15-,16-. The van der Waals surface area contributed by atoms with Gasteiger partial charge in [0.25, 0.3) is 11.8 Å². The number of nitrogens with one attached hydrogen (secondary N) is 3. The van der Waals surface area contributed by atoms with Crippen molar-refractivity contribution in [3.8, 4) is 0 Å². The minimum atomic E-state index is -0.343. The number of hydrogen-bond donors (Lipinski definition) is 4. The summed E-state index contributed by atoms with van der Waals surface area (Å²) in [5.41, 5.74) is 12.6. The second kappa shape index (κ2) is 7.46. The molecule has 3 heterocycles. The highest BCUT2D eigenvalue weighted by Gasteiger charge is 2.38. The minimum absolute atomic E-state index is 0.231. The number of amides is 2. The van der Waals surface area contributed by atoms with Gasteiger partial charge in [-0.15, -0.1) is 0 Å². The minimum Gasteiger partial charge on any atom is -0.358 e. The van der Waals surface area contributed by atoms with E-state index in [2.05, 4.69) is 15.3 Å². The Morgan fingerprint density at radius 3 is 1.97 bits per heavy atom. The lowest BCUT2D eigenvalue weighted by Gasteiger charge is -2.26. The first-order valence-electron chi connectivity index (χ1n) is 11.6. The number of aryl methyl sites for hydroxylation is 1. The van der Waals surface area contributed by atoms with Gasteiger partial charge in [0.1, 0.15) is 0 Å². The summed E-state index contributed by atoms with van der Waals surface area (Å²) in [7, 11) is 0. The Morgan fingerprint density at radius 2 is 1.30 bits per heavy atom. The van der Waals surface area contributed by atoms with Crippen LogP contribution in [0.5, 0.6) is 0 Å². The van der Waals surface area contributed by atoms with Gasteiger partial charge in [-0.3, -0.25) is 14.9 Å². The van der Waals surface area contributed by atoms with Crippen LogP contribution in [0.25, 0.3) is 33.0 Å². The Morgan fingerprint density at radius 1 is 0.758 bits per heavy atom. The zero-order valence-electron chi connectivity index (χ0n) is 18.5. The quantitative estimate of drug-likeness (QED) is 0.354. The van der Waals surface area contributed by atoms with Gasteiger partial charge < -0.3 is 15.7 Å². The normalized spacial score (nSPS) is 21.4. The number of carbonyl (C=O) groups excluding carboxylic acids is 2. The Hall–Kier alpha value is -3.64. The maximum atomic E-state index is 13.3. The van der Waals surface area contributed by atoms with Gasteiger partial charge in [0.05, 0.1) is 11.1 Å². The van der Waals surface area contributed by atoms with Crippen molar-refractivity contribution in [2.24, 2.45) is 5.73 Å². The van der Waals surface area contributed by atoms with Crippen LogP contribution in [0.15, 0.2) is 48.5 Å². The molecule has 0 saturated heterocycles. The van der Waals surface area contributed by atoms with Crippen LogP contribution >= 0.6 is 0 Å². The van der Waals surface area contributed by atoms with Crippen molar-refractivity contribution in [1.29, 1.82) is 0 Å². The van der Waals surface area contributed by atoms with E-state index in [1.54, 1.807) is 0 Å². The van der Waals surface area contributed by atoms with Crippen molar-refractivity contribution in [3.63, 3.8) is 0 Å². The predicted octanol–water partition coefficient (Wildman–Crippen LogP) is 4.51. The number of benzene rings is 2. The van der Waals surface area contributed by atoms with E-state index in [9.17, 15) is 9.59 Å². The summed E-state index contributed by atoms with van der Waals surface area (Å²) in [6.45, 7) is 1.95. The number of fused-ring (bicyclic) bond motifs is 2. The fourth-order valence-electron chi connectivity index (χ4n) is 5.68. The maximum absolute atomic E-state index is 13.3. The summed E-state index contributed by atoms with van der Waals surface area (Å²) >= 11 is 0. The molecule has 6 nitrogen and oxygen atoms in total. The van der Waals surface area contributed by atoms with Gasteiger partial charge in [-0.25, -0.2) is 0 Å². The molecule has 2 aromatic carbocycles. The molecule has 0 unspecified atom stereocenters. The van der Waals surface area contributed by atoms with Gasteiger partial charge in [0.2, 0.25) is 0 Å².